The minimum absolute atomic E-state index is 0.00153. The van der Waals surface area contributed by atoms with Gasteiger partial charge in [0, 0.05) is 41.4 Å². The number of anilines is 2. The Morgan fingerprint density at radius 3 is 2.50 bits per heavy atom. The second-order valence-electron chi connectivity index (χ2n) is 6.35. The molecule has 9 heteroatoms. The third kappa shape index (κ3) is 5.32. The summed E-state index contributed by atoms with van der Waals surface area (Å²) in [6.45, 7) is 4.49. The van der Waals surface area contributed by atoms with Crippen molar-refractivity contribution in [2.75, 3.05) is 23.8 Å². The zero-order chi connectivity index (χ0) is 20.1. The normalized spacial score (nSPS) is 10.7. The first-order valence-corrected chi connectivity index (χ1v) is 10.5. The molecule has 0 aliphatic carbocycles. The van der Waals surface area contributed by atoms with Crippen molar-refractivity contribution in [3.8, 4) is 10.6 Å². The number of carbonyl (C=O) groups excluding carboxylic acids is 1. The molecule has 1 amide bonds. The van der Waals surface area contributed by atoms with Crippen LogP contribution in [-0.4, -0.2) is 39.7 Å². The number of nitrogens with zero attached hydrogens (tertiary/aromatic N) is 5. The molecule has 0 spiro atoms. The predicted octanol–water partition coefficient (Wildman–Crippen LogP) is 4.23. The van der Waals surface area contributed by atoms with E-state index >= 15 is 0 Å². The highest BCUT2D eigenvalue weighted by Crippen LogP contribution is 2.29. The standard InChI is InChI=1S/C19H21BrN6OS/c1-12-11-13(2)23-18(22-12)21-10-4-5-16(27)26(3)19-25-24-17(28-19)14-6-8-15(20)9-7-14/h6-9,11H,4-5,10H2,1-3H3,(H,21,22,23). The first-order valence-electron chi connectivity index (χ1n) is 8.84. The summed E-state index contributed by atoms with van der Waals surface area (Å²) in [5.74, 6) is 0.600. The zero-order valence-electron chi connectivity index (χ0n) is 15.9. The summed E-state index contributed by atoms with van der Waals surface area (Å²) in [6, 6.07) is 9.78. The molecule has 0 aliphatic rings. The van der Waals surface area contributed by atoms with Crippen LogP contribution in [0.25, 0.3) is 10.6 Å². The fourth-order valence-corrected chi connectivity index (χ4v) is 3.67. The molecule has 146 valence electrons. The molecule has 2 heterocycles. The molecule has 0 fully saturated rings. The van der Waals surface area contributed by atoms with Crippen molar-refractivity contribution in [2.24, 2.45) is 0 Å². The predicted molar refractivity (Wildman–Crippen MR) is 116 cm³/mol. The van der Waals surface area contributed by atoms with Crippen LogP contribution < -0.4 is 10.2 Å². The second kappa shape index (κ2) is 9.20. The molecular formula is C19H21BrN6OS. The smallest absolute Gasteiger partial charge is 0.228 e. The van der Waals surface area contributed by atoms with Gasteiger partial charge in [0.2, 0.25) is 17.0 Å². The highest BCUT2D eigenvalue weighted by molar-refractivity contribution is 9.10. The van der Waals surface area contributed by atoms with Gasteiger partial charge in [-0.2, -0.15) is 0 Å². The SMILES string of the molecule is Cc1cc(C)nc(NCCCC(=O)N(C)c2nnc(-c3ccc(Br)cc3)s2)n1. The molecule has 2 aromatic heterocycles. The maximum Gasteiger partial charge on any atom is 0.228 e. The van der Waals surface area contributed by atoms with Crippen molar-refractivity contribution in [3.05, 3.63) is 46.2 Å². The number of amides is 1. The van der Waals surface area contributed by atoms with Crippen LogP contribution >= 0.6 is 27.3 Å². The molecular weight excluding hydrogens is 440 g/mol. The van der Waals surface area contributed by atoms with Crippen molar-refractivity contribution in [1.82, 2.24) is 20.2 Å². The number of rotatable bonds is 7. The van der Waals surface area contributed by atoms with Gasteiger partial charge in [-0.3, -0.25) is 9.69 Å². The quantitative estimate of drug-likeness (QED) is 0.531. The van der Waals surface area contributed by atoms with E-state index in [9.17, 15) is 4.79 Å². The van der Waals surface area contributed by atoms with Crippen molar-refractivity contribution >= 4 is 44.3 Å². The maximum atomic E-state index is 12.5. The van der Waals surface area contributed by atoms with E-state index in [0.717, 1.165) is 26.4 Å². The van der Waals surface area contributed by atoms with Gasteiger partial charge in [0.15, 0.2) is 0 Å². The fourth-order valence-electron chi connectivity index (χ4n) is 2.58. The Kier molecular flexibility index (Phi) is 6.69. The summed E-state index contributed by atoms with van der Waals surface area (Å²) in [5, 5.41) is 12.9. The van der Waals surface area contributed by atoms with Crippen LogP contribution in [-0.2, 0) is 4.79 Å². The van der Waals surface area contributed by atoms with Crippen molar-refractivity contribution in [2.45, 2.75) is 26.7 Å². The highest BCUT2D eigenvalue weighted by atomic mass is 79.9. The van der Waals surface area contributed by atoms with Gasteiger partial charge in [0.1, 0.15) is 5.01 Å². The lowest BCUT2D eigenvalue weighted by Gasteiger charge is -2.13. The molecule has 3 aromatic rings. The zero-order valence-corrected chi connectivity index (χ0v) is 18.3. The third-order valence-corrected chi connectivity index (χ3v) is 5.58. The van der Waals surface area contributed by atoms with Gasteiger partial charge in [-0.25, -0.2) is 9.97 Å². The average Bonchev–Trinajstić information content (AvgIpc) is 3.14. The number of carbonyl (C=O) groups is 1. The van der Waals surface area contributed by atoms with E-state index in [-0.39, 0.29) is 5.91 Å². The summed E-state index contributed by atoms with van der Waals surface area (Å²) >= 11 is 4.82. The minimum atomic E-state index is 0.00153. The van der Waals surface area contributed by atoms with Gasteiger partial charge in [0.05, 0.1) is 0 Å². The number of nitrogens with one attached hydrogen (secondary N) is 1. The van der Waals surface area contributed by atoms with Crippen LogP contribution in [0.15, 0.2) is 34.8 Å². The molecule has 0 unspecified atom stereocenters. The van der Waals surface area contributed by atoms with Crippen LogP contribution in [0.4, 0.5) is 11.1 Å². The van der Waals surface area contributed by atoms with Gasteiger partial charge in [0.25, 0.3) is 0 Å². The Morgan fingerprint density at radius 2 is 1.82 bits per heavy atom. The Morgan fingerprint density at radius 1 is 1.14 bits per heavy atom. The highest BCUT2D eigenvalue weighted by Gasteiger charge is 2.16. The van der Waals surface area contributed by atoms with Crippen LogP contribution in [0, 0.1) is 13.8 Å². The minimum Gasteiger partial charge on any atom is -0.354 e. The number of aryl methyl sites for hydroxylation is 2. The molecule has 1 aromatic carbocycles. The van der Waals surface area contributed by atoms with E-state index in [2.05, 4.69) is 41.4 Å². The average molecular weight is 461 g/mol. The summed E-state index contributed by atoms with van der Waals surface area (Å²) in [4.78, 5) is 22.7. The summed E-state index contributed by atoms with van der Waals surface area (Å²) in [5.41, 5.74) is 2.82. The Labute approximate surface area is 176 Å². The first kappa shape index (κ1) is 20.3. The van der Waals surface area contributed by atoms with Crippen LogP contribution in [0.5, 0.6) is 0 Å². The second-order valence-corrected chi connectivity index (χ2v) is 8.23. The monoisotopic (exact) mass is 460 g/mol. The Bertz CT molecular complexity index is 939. The molecule has 0 bridgehead atoms. The topological polar surface area (TPSA) is 83.9 Å². The van der Waals surface area contributed by atoms with Crippen LogP contribution in [0.3, 0.4) is 0 Å². The van der Waals surface area contributed by atoms with Gasteiger partial charge in [-0.05, 0) is 38.5 Å². The van der Waals surface area contributed by atoms with E-state index in [1.807, 2.05) is 44.2 Å². The maximum absolute atomic E-state index is 12.5. The van der Waals surface area contributed by atoms with Crippen molar-refractivity contribution in [3.63, 3.8) is 0 Å². The number of hydrogen-bond donors (Lipinski definition) is 1. The summed E-state index contributed by atoms with van der Waals surface area (Å²) in [6.07, 6.45) is 1.08. The molecule has 0 saturated carbocycles. The summed E-state index contributed by atoms with van der Waals surface area (Å²) < 4.78 is 1.01. The fraction of sp³-hybridized carbons (Fsp3) is 0.316. The molecule has 7 nitrogen and oxygen atoms in total. The number of aromatic nitrogens is 4. The van der Waals surface area contributed by atoms with Crippen molar-refractivity contribution < 1.29 is 4.79 Å². The van der Waals surface area contributed by atoms with E-state index in [0.29, 0.717) is 30.5 Å². The summed E-state index contributed by atoms with van der Waals surface area (Å²) in [7, 11) is 1.73. The van der Waals surface area contributed by atoms with E-state index in [4.69, 9.17) is 0 Å². The lowest BCUT2D eigenvalue weighted by atomic mass is 10.2. The number of hydrogen-bond acceptors (Lipinski definition) is 7. The molecule has 0 radical (unpaired) electrons. The van der Waals surface area contributed by atoms with Gasteiger partial charge >= 0.3 is 0 Å². The molecule has 0 atom stereocenters. The van der Waals surface area contributed by atoms with Gasteiger partial charge in [-0.1, -0.05) is 39.4 Å². The van der Waals surface area contributed by atoms with E-state index in [1.165, 1.54) is 11.3 Å². The molecule has 28 heavy (non-hydrogen) atoms. The van der Waals surface area contributed by atoms with Gasteiger partial charge < -0.3 is 5.32 Å². The Balaban J connectivity index is 1.51. The Hall–Kier alpha value is -2.39. The molecule has 0 saturated heterocycles. The lowest BCUT2D eigenvalue weighted by molar-refractivity contribution is -0.118. The van der Waals surface area contributed by atoms with Crippen LogP contribution in [0.1, 0.15) is 24.2 Å². The van der Waals surface area contributed by atoms with E-state index in [1.54, 1.807) is 11.9 Å². The largest absolute Gasteiger partial charge is 0.354 e. The molecule has 0 aliphatic heterocycles. The molecule has 1 N–H and O–H groups in total. The van der Waals surface area contributed by atoms with Gasteiger partial charge in [-0.15, -0.1) is 10.2 Å². The van der Waals surface area contributed by atoms with E-state index < -0.39 is 0 Å². The van der Waals surface area contributed by atoms with Crippen LogP contribution in [0.2, 0.25) is 0 Å². The molecule has 3 rings (SSSR count). The lowest BCUT2D eigenvalue weighted by Crippen LogP contribution is -2.26. The number of benzene rings is 1. The number of halogens is 1. The third-order valence-electron chi connectivity index (χ3n) is 4.00. The first-order chi connectivity index (χ1) is 13.4. The van der Waals surface area contributed by atoms with Crippen molar-refractivity contribution in [1.29, 1.82) is 0 Å².